The molecule has 1 fully saturated rings. The molecule has 1 aromatic heterocycles. The Bertz CT molecular complexity index is 1050. The van der Waals surface area contributed by atoms with Crippen LogP contribution in [-0.2, 0) is 4.79 Å². The maximum Gasteiger partial charge on any atom is 0.234 e. The van der Waals surface area contributed by atoms with Crippen molar-refractivity contribution in [2.24, 2.45) is 0 Å². The fourth-order valence-electron chi connectivity index (χ4n) is 3.37. The zero-order valence-electron chi connectivity index (χ0n) is 16.7. The van der Waals surface area contributed by atoms with E-state index in [0.717, 1.165) is 37.0 Å². The predicted octanol–water partition coefficient (Wildman–Crippen LogP) is 4.84. The maximum atomic E-state index is 12.4. The summed E-state index contributed by atoms with van der Waals surface area (Å²) in [6, 6.07) is 15.4. The van der Waals surface area contributed by atoms with E-state index in [2.05, 4.69) is 49.4 Å². The molecular weight excluding hydrogens is 453 g/mol. The van der Waals surface area contributed by atoms with Gasteiger partial charge in [0.1, 0.15) is 5.03 Å². The van der Waals surface area contributed by atoms with Crippen molar-refractivity contribution in [2.75, 3.05) is 47.0 Å². The Labute approximate surface area is 195 Å². The highest BCUT2D eigenvalue weighted by atomic mass is 35.5. The van der Waals surface area contributed by atoms with Gasteiger partial charge >= 0.3 is 0 Å². The van der Waals surface area contributed by atoms with E-state index >= 15 is 0 Å². The second-order valence-electron chi connectivity index (χ2n) is 6.96. The quantitative estimate of drug-likeness (QED) is 0.516. The molecular formula is C22H21Cl2N5OS. The van der Waals surface area contributed by atoms with Crippen molar-refractivity contribution in [1.29, 1.82) is 0 Å². The van der Waals surface area contributed by atoms with Gasteiger partial charge < -0.3 is 15.1 Å². The smallest absolute Gasteiger partial charge is 0.234 e. The zero-order chi connectivity index (χ0) is 21.6. The lowest BCUT2D eigenvalue weighted by molar-refractivity contribution is -0.113. The summed E-state index contributed by atoms with van der Waals surface area (Å²) in [5, 5.41) is 4.49. The highest BCUT2D eigenvalue weighted by Crippen LogP contribution is 2.29. The van der Waals surface area contributed by atoms with Gasteiger partial charge in [0, 0.05) is 49.3 Å². The third-order valence-corrected chi connectivity index (χ3v) is 6.42. The molecule has 4 rings (SSSR count). The number of para-hydroxylation sites is 1. The minimum Gasteiger partial charge on any atom is -0.368 e. The monoisotopic (exact) mass is 473 g/mol. The van der Waals surface area contributed by atoms with E-state index in [9.17, 15) is 4.79 Å². The normalized spacial score (nSPS) is 13.9. The lowest BCUT2D eigenvalue weighted by Crippen LogP contribution is -2.47. The Morgan fingerprint density at radius 1 is 0.968 bits per heavy atom. The van der Waals surface area contributed by atoms with Crippen molar-refractivity contribution >= 4 is 58.1 Å². The third kappa shape index (κ3) is 5.61. The maximum absolute atomic E-state index is 12.4. The van der Waals surface area contributed by atoms with Crippen LogP contribution < -0.4 is 15.1 Å². The summed E-state index contributed by atoms with van der Waals surface area (Å²) in [5.74, 6) is 0.826. The summed E-state index contributed by atoms with van der Waals surface area (Å²) in [6.45, 7) is 3.48. The molecule has 0 radical (unpaired) electrons. The molecule has 0 bridgehead atoms. The lowest BCUT2D eigenvalue weighted by Gasteiger charge is -2.37. The molecule has 9 heteroatoms. The zero-order valence-corrected chi connectivity index (χ0v) is 19.0. The van der Waals surface area contributed by atoms with E-state index in [1.165, 1.54) is 17.4 Å². The fraction of sp³-hybridized carbons (Fsp3) is 0.227. The SMILES string of the molecule is O=C(CSc1nccnc1N1CCN(c2ccccc2)CC1)Nc1cc(Cl)ccc1Cl. The van der Waals surface area contributed by atoms with Gasteiger partial charge in [-0.15, -0.1) is 0 Å². The Hall–Kier alpha value is -2.48. The largest absolute Gasteiger partial charge is 0.368 e. The highest BCUT2D eigenvalue weighted by molar-refractivity contribution is 8.00. The Morgan fingerprint density at radius 2 is 1.68 bits per heavy atom. The summed E-state index contributed by atoms with van der Waals surface area (Å²) in [7, 11) is 0. The van der Waals surface area contributed by atoms with Crippen LogP contribution in [0.25, 0.3) is 0 Å². The molecule has 6 nitrogen and oxygen atoms in total. The number of anilines is 3. The molecule has 3 aromatic rings. The molecule has 0 spiro atoms. The first-order valence-electron chi connectivity index (χ1n) is 9.84. The average molecular weight is 474 g/mol. The van der Waals surface area contributed by atoms with Gasteiger partial charge in [0.05, 0.1) is 16.5 Å². The van der Waals surface area contributed by atoms with Gasteiger partial charge in [-0.1, -0.05) is 53.2 Å². The van der Waals surface area contributed by atoms with Crippen LogP contribution in [0.15, 0.2) is 66.0 Å². The molecule has 0 saturated carbocycles. The number of nitrogens with zero attached hydrogens (tertiary/aromatic N) is 4. The van der Waals surface area contributed by atoms with Crippen molar-refractivity contribution < 1.29 is 4.79 Å². The van der Waals surface area contributed by atoms with Gasteiger partial charge in [0.25, 0.3) is 0 Å². The second-order valence-corrected chi connectivity index (χ2v) is 8.76. The number of piperazine rings is 1. The number of carbonyl (C=O) groups excluding carboxylic acids is 1. The van der Waals surface area contributed by atoms with E-state index in [0.29, 0.717) is 15.7 Å². The second kappa shape index (κ2) is 10.2. The number of aromatic nitrogens is 2. The summed E-state index contributed by atoms with van der Waals surface area (Å²) < 4.78 is 0. The average Bonchev–Trinajstić information content (AvgIpc) is 2.81. The van der Waals surface area contributed by atoms with Crippen molar-refractivity contribution in [3.05, 3.63) is 71.0 Å². The number of rotatable bonds is 6. The van der Waals surface area contributed by atoms with Gasteiger partial charge in [-0.2, -0.15) is 0 Å². The number of thioether (sulfide) groups is 1. The number of hydrogen-bond acceptors (Lipinski definition) is 6. The summed E-state index contributed by atoms with van der Waals surface area (Å²) >= 11 is 13.5. The molecule has 0 unspecified atom stereocenters. The van der Waals surface area contributed by atoms with E-state index < -0.39 is 0 Å². The number of nitrogens with one attached hydrogen (secondary N) is 1. The number of carbonyl (C=O) groups is 1. The molecule has 0 aliphatic carbocycles. The van der Waals surface area contributed by atoms with E-state index in [1.54, 1.807) is 30.6 Å². The molecule has 0 atom stereocenters. The Kier molecular flexibility index (Phi) is 7.17. The van der Waals surface area contributed by atoms with Crippen LogP contribution in [0.3, 0.4) is 0 Å². The van der Waals surface area contributed by atoms with Gasteiger partial charge in [0.15, 0.2) is 5.82 Å². The van der Waals surface area contributed by atoms with Crippen LogP contribution in [0, 0.1) is 0 Å². The Morgan fingerprint density at radius 3 is 2.45 bits per heavy atom. The van der Waals surface area contributed by atoms with Crippen molar-refractivity contribution in [1.82, 2.24) is 9.97 Å². The third-order valence-electron chi connectivity index (χ3n) is 4.89. The van der Waals surface area contributed by atoms with Crippen LogP contribution in [0.4, 0.5) is 17.2 Å². The van der Waals surface area contributed by atoms with E-state index in [1.807, 2.05) is 6.07 Å². The number of halogens is 2. The minimum absolute atomic E-state index is 0.181. The molecule has 1 amide bonds. The first-order chi connectivity index (χ1) is 15.1. The molecule has 1 saturated heterocycles. The van der Waals surface area contributed by atoms with Crippen LogP contribution in [0.2, 0.25) is 10.0 Å². The lowest BCUT2D eigenvalue weighted by atomic mass is 10.2. The van der Waals surface area contributed by atoms with Crippen LogP contribution in [0.5, 0.6) is 0 Å². The fourth-order valence-corrected chi connectivity index (χ4v) is 4.49. The topological polar surface area (TPSA) is 61.4 Å². The van der Waals surface area contributed by atoms with Gasteiger partial charge in [0.2, 0.25) is 5.91 Å². The molecule has 1 N–H and O–H groups in total. The molecule has 1 aliphatic rings. The predicted molar refractivity (Wildman–Crippen MR) is 129 cm³/mol. The van der Waals surface area contributed by atoms with Crippen molar-refractivity contribution in [3.8, 4) is 0 Å². The molecule has 2 aromatic carbocycles. The van der Waals surface area contributed by atoms with Gasteiger partial charge in [-0.3, -0.25) is 4.79 Å². The minimum atomic E-state index is -0.181. The van der Waals surface area contributed by atoms with Crippen LogP contribution in [-0.4, -0.2) is 47.8 Å². The van der Waals surface area contributed by atoms with Gasteiger partial charge in [-0.05, 0) is 30.3 Å². The van der Waals surface area contributed by atoms with Crippen LogP contribution >= 0.6 is 35.0 Å². The van der Waals surface area contributed by atoms with E-state index in [4.69, 9.17) is 23.2 Å². The molecule has 1 aliphatic heterocycles. The first-order valence-corrected chi connectivity index (χ1v) is 11.6. The van der Waals surface area contributed by atoms with Gasteiger partial charge in [-0.25, -0.2) is 9.97 Å². The number of benzene rings is 2. The van der Waals surface area contributed by atoms with Crippen molar-refractivity contribution in [3.63, 3.8) is 0 Å². The first kappa shape index (κ1) is 21.7. The van der Waals surface area contributed by atoms with E-state index in [-0.39, 0.29) is 11.7 Å². The molecule has 31 heavy (non-hydrogen) atoms. The molecule has 2 heterocycles. The highest BCUT2D eigenvalue weighted by Gasteiger charge is 2.21. The summed E-state index contributed by atoms with van der Waals surface area (Å²) in [4.78, 5) is 26.0. The Balaban J connectivity index is 1.36. The summed E-state index contributed by atoms with van der Waals surface area (Å²) in [6.07, 6.45) is 3.34. The summed E-state index contributed by atoms with van der Waals surface area (Å²) in [5.41, 5.74) is 1.73. The van der Waals surface area contributed by atoms with Crippen LogP contribution in [0.1, 0.15) is 0 Å². The number of hydrogen-bond donors (Lipinski definition) is 1. The number of amides is 1. The standard InChI is InChI=1S/C22H21Cl2N5OS/c23-16-6-7-18(24)19(14-16)27-20(30)15-31-22-21(25-8-9-26-22)29-12-10-28(11-13-29)17-4-2-1-3-5-17/h1-9,14H,10-13,15H2,(H,27,30). The van der Waals surface area contributed by atoms with Crippen molar-refractivity contribution in [2.45, 2.75) is 5.03 Å². The molecule has 160 valence electrons.